The van der Waals surface area contributed by atoms with Crippen molar-refractivity contribution in [2.75, 3.05) is 33.3 Å². The van der Waals surface area contributed by atoms with Gasteiger partial charge in [0.25, 0.3) is 0 Å². The molecule has 7 heteroatoms. The van der Waals surface area contributed by atoms with Crippen LogP contribution in [0, 0.1) is 5.82 Å². The van der Waals surface area contributed by atoms with Crippen molar-refractivity contribution in [1.29, 1.82) is 0 Å². The van der Waals surface area contributed by atoms with Crippen molar-refractivity contribution in [3.8, 4) is 5.75 Å². The molecule has 1 aliphatic rings. The first-order valence-corrected chi connectivity index (χ1v) is 9.66. The second kappa shape index (κ2) is 7.51. The summed E-state index contributed by atoms with van der Waals surface area (Å²) in [7, 11) is -2.33. The van der Waals surface area contributed by atoms with Crippen LogP contribution in [0.4, 0.5) is 4.39 Å². The average molecular weight is 365 g/mol. The Kier molecular flexibility index (Phi) is 5.36. The molecule has 134 valence electrons. The second-order valence-corrected chi connectivity index (χ2v) is 8.05. The molecule has 0 atom stereocenters. The van der Waals surface area contributed by atoms with E-state index in [0.717, 1.165) is 25.7 Å². The number of sulfonamides is 1. The van der Waals surface area contributed by atoms with E-state index in [1.807, 2.05) is 18.2 Å². The molecule has 5 nitrogen and oxygen atoms in total. The third kappa shape index (κ3) is 4.00. The maximum absolute atomic E-state index is 13.8. The molecule has 0 unspecified atom stereocenters. The predicted octanol–water partition coefficient (Wildman–Crippen LogP) is 0.924. The van der Waals surface area contributed by atoms with Crippen molar-refractivity contribution >= 4 is 10.0 Å². The fourth-order valence-corrected chi connectivity index (χ4v) is 4.51. The molecule has 2 aromatic carbocycles. The molecular formula is C18H22FN2O3S+. The van der Waals surface area contributed by atoms with Gasteiger partial charge in [0.15, 0.2) is 11.6 Å². The van der Waals surface area contributed by atoms with Gasteiger partial charge in [0.2, 0.25) is 10.0 Å². The molecule has 1 N–H and O–H groups in total. The lowest BCUT2D eigenvalue weighted by Crippen LogP contribution is -3.13. The third-order valence-electron chi connectivity index (χ3n) is 4.49. The summed E-state index contributed by atoms with van der Waals surface area (Å²) in [5, 5.41) is 0. The lowest BCUT2D eigenvalue weighted by molar-refractivity contribution is -0.917. The van der Waals surface area contributed by atoms with Gasteiger partial charge in [0.1, 0.15) is 6.54 Å². The van der Waals surface area contributed by atoms with Gasteiger partial charge in [-0.2, -0.15) is 4.31 Å². The van der Waals surface area contributed by atoms with Gasteiger partial charge >= 0.3 is 0 Å². The zero-order valence-corrected chi connectivity index (χ0v) is 14.9. The molecule has 3 rings (SSSR count). The van der Waals surface area contributed by atoms with Gasteiger partial charge in [0.05, 0.1) is 38.2 Å². The van der Waals surface area contributed by atoms with Crippen LogP contribution in [-0.2, 0) is 16.6 Å². The number of quaternary nitrogens is 1. The molecule has 2 aromatic rings. The number of nitrogens with zero attached hydrogens (tertiary/aromatic N) is 1. The Labute approximate surface area is 147 Å². The van der Waals surface area contributed by atoms with Crippen LogP contribution in [0.15, 0.2) is 53.4 Å². The van der Waals surface area contributed by atoms with Crippen molar-refractivity contribution < 1.29 is 22.4 Å². The Hall–Kier alpha value is -1.96. The summed E-state index contributed by atoms with van der Waals surface area (Å²) >= 11 is 0. The van der Waals surface area contributed by atoms with E-state index in [9.17, 15) is 12.8 Å². The summed E-state index contributed by atoms with van der Waals surface area (Å²) < 4.78 is 45.5. The number of benzene rings is 2. The topological polar surface area (TPSA) is 51.1 Å². The largest absolute Gasteiger partial charge is 0.494 e. The van der Waals surface area contributed by atoms with Crippen LogP contribution in [-0.4, -0.2) is 46.0 Å². The minimum absolute atomic E-state index is 0.0303. The van der Waals surface area contributed by atoms with E-state index in [-0.39, 0.29) is 10.6 Å². The van der Waals surface area contributed by atoms with Crippen LogP contribution in [0.1, 0.15) is 5.56 Å². The molecule has 25 heavy (non-hydrogen) atoms. The smallest absolute Gasteiger partial charge is 0.243 e. The highest BCUT2D eigenvalue weighted by atomic mass is 32.2. The third-order valence-corrected chi connectivity index (χ3v) is 6.38. The molecule has 1 aliphatic heterocycles. The van der Waals surface area contributed by atoms with E-state index in [1.165, 1.54) is 34.0 Å². The first kappa shape index (κ1) is 17.8. The molecule has 0 aliphatic carbocycles. The van der Waals surface area contributed by atoms with E-state index in [0.29, 0.717) is 13.1 Å². The summed E-state index contributed by atoms with van der Waals surface area (Å²) in [4.78, 5) is 1.32. The van der Waals surface area contributed by atoms with E-state index < -0.39 is 15.8 Å². The van der Waals surface area contributed by atoms with Crippen molar-refractivity contribution in [2.24, 2.45) is 0 Å². The number of piperazine rings is 1. The summed E-state index contributed by atoms with van der Waals surface area (Å²) in [6.07, 6.45) is 0. The predicted molar refractivity (Wildman–Crippen MR) is 92.6 cm³/mol. The van der Waals surface area contributed by atoms with Gasteiger partial charge in [-0.3, -0.25) is 0 Å². The first-order chi connectivity index (χ1) is 12.0. The van der Waals surface area contributed by atoms with Gasteiger partial charge in [-0.1, -0.05) is 30.3 Å². The monoisotopic (exact) mass is 365 g/mol. The summed E-state index contributed by atoms with van der Waals surface area (Å²) in [6, 6.07) is 13.9. The van der Waals surface area contributed by atoms with Crippen molar-refractivity contribution in [1.82, 2.24) is 4.31 Å². The van der Waals surface area contributed by atoms with E-state index in [2.05, 4.69) is 12.1 Å². The molecule has 0 amide bonds. The lowest BCUT2D eigenvalue weighted by atomic mass is 10.2. The number of halogens is 1. The minimum atomic E-state index is -3.68. The van der Waals surface area contributed by atoms with Gasteiger partial charge in [-0.15, -0.1) is 0 Å². The Morgan fingerprint density at radius 1 is 1.12 bits per heavy atom. The Bertz CT molecular complexity index is 819. The van der Waals surface area contributed by atoms with Gasteiger partial charge < -0.3 is 9.64 Å². The molecule has 0 spiro atoms. The number of nitrogens with one attached hydrogen (secondary N) is 1. The van der Waals surface area contributed by atoms with Gasteiger partial charge in [0, 0.05) is 5.56 Å². The second-order valence-electron chi connectivity index (χ2n) is 6.11. The highest BCUT2D eigenvalue weighted by molar-refractivity contribution is 7.89. The molecule has 1 saturated heterocycles. The molecular weight excluding hydrogens is 343 g/mol. The molecule has 0 aromatic heterocycles. The zero-order chi connectivity index (χ0) is 17.9. The zero-order valence-electron chi connectivity index (χ0n) is 14.1. The first-order valence-electron chi connectivity index (χ1n) is 8.22. The highest BCUT2D eigenvalue weighted by Gasteiger charge is 2.31. The highest BCUT2D eigenvalue weighted by Crippen LogP contribution is 2.23. The average Bonchev–Trinajstić information content (AvgIpc) is 2.63. The summed E-state index contributed by atoms with van der Waals surface area (Å²) in [5.74, 6) is -0.631. The Morgan fingerprint density at radius 3 is 2.40 bits per heavy atom. The normalized spacial score (nSPS) is 16.7. The number of ether oxygens (including phenoxy) is 1. The van der Waals surface area contributed by atoms with Crippen LogP contribution in [0.5, 0.6) is 5.75 Å². The van der Waals surface area contributed by atoms with Crippen LogP contribution >= 0.6 is 0 Å². The van der Waals surface area contributed by atoms with Gasteiger partial charge in [-0.05, 0) is 18.2 Å². The Balaban J connectivity index is 1.66. The fraction of sp³-hybridized carbons (Fsp3) is 0.333. The van der Waals surface area contributed by atoms with E-state index in [4.69, 9.17) is 4.74 Å². The van der Waals surface area contributed by atoms with Crippen molar-refractivity contribution in [2.45, 2.75) is 11.4 Å². The molecule has 0 saturated carbocycles. The number of methoxy groups -OCH3 is 1. The Morgan fingerprint density at radius 2 is 1.80 bits per heavy atom. The number of hydrogen-bond acceptors (Lipinski definition) is 3. The molecule has 0 radical (unpaired) electrons. The lowest BCUT2D eigenvalue weighted by Gasteiger charge is -2.31. The minimum Gasteiger partial charge on any atom is -0.494 e. The van der Waals surface area contributed by atoms with E-state index in [1.54, 1.807) is 0 Å². The summed E-state index contributed by atoms with van der Waals surface area (Å²) in [6.45, 7) is 3.20. The number of hydrogen-bond donors (Lipinski definition) is 1. The van der Waals surface area contributed by atoms with Gasteiger partial charge in [-0.25, -0.2) is 12.8 Å². The standard InChI is InChI=1S/C18H21FN2O3S/c1-24-18-8-7-16(13-17(18)19)25(22,23)21-11-9-20(10-12-21)14-15-5-3-2-4-6-15/h2-8,13H,9-12,14H2,1H3/p+1. The maximum atomic E-state index is 13.8. The van der Waals surface area contributed by atoms with Crippen LogP contribution in [0.2, 0.25) is 0 Å². The summed E-state index contributed by atoms with van der Waals surface area (Å²) in [5.41, 5.74) is 1.24. The molecule has 1 fully saturated rings. The number of rotatable bonds is 5. The van der Waals surface area contributed by atoms with Crippen LogP contribution < -0.4 is 9.64 Å². The van der Waals surface area contributed by atoms with Crippen LogP contribution in [0.25, 0.3) is 0 Å². The van der Waals surface area contributed by atoms with E-state index >= 15 is 0 Å². The fourth-order valence-electron chi connectivity index (χ4n) is 3.06. The van der Waals surface area contributed by atoms with Crippen LogP contribution in [0.3, 0.4) is 0 Å². The van der Waals surface area contributed by atoms with Crippen molar-refractivity contribution in [3.63, 3.8) is 0 Å². The molecule has 0 bridgehead atoms. The quantitative estimate of drug-likeness (QED) is 0.858. The SMILES string of the molecule is COc1ccc(S(=O)(=O)N2CC[NH+](Cc3ccccc3)CC2)cc1F. The molecule has 1 heterocycles. The van der Waals surface area contributed by atoms with Crippen molar-refractivity contribution in [3.05, 3.63) is 59.9 Å². The maximum Gasteiger partial charge on any atom is 0.243 e.